The van der Waals surface area contributed by atoms with E-state index < -0.39 is 10.0 Å². The van der Waals surface area contributed by atoms with Gasteiger partial charge in [-0.15, -0.1) is 0 Å². The zero-order chi connectivity index (χ0) is 13.6. The number of anilines is 1. The van der Waals surface area contributed by atoms with E-state index in [9.17, 15) is 8.42 Å². The van der Waals surface area contributed by atoms with E-state index in [1.54, 1.807) is 0 Å². The van der Waals surface area contributed by atoms with Crippen LogP contribution in [0.3, 0.4) is 0 Å². The lowest BCUT2D eigenvalue weighted by molar-refractivity contribution is 0.573. The van der Waals surface area contributed by atoms with Crippen LogP contribution in [0.25, 0.3) is 0 Å². The summed E-state index contributed by atoms with van der Waals surface area (Å²) in [6, 6.07) is 0. The monoisotopic (exact) mass is 274 g/mol. The van der Waals surface area contributed by atoms with Gasteiger partial charge >= 0.3 is 0 Å². The fourth-order valence-corrected chi connectivity index (χ4v) is 2.77. The van der Waals surface area contributed by atoms with Crippen LogP contribution in [-0.2, 0) is 16.6 Å². The molecular formula is C11H22N4O2S. The second-order valence-electron chi connectivity index (χ2n) is 4.19. The Morgan fingerprint density at radius 1 is 1.33 bits per heavy atom. The number of aryl methyl sites for hydroxylation is 1. The summed E-state index contributed by atoms with van der Waals surface area (Å²) in [5, 5.41) is 3.93. The van der Waals surface area contributed by atoms with Gasteiger partial charge in [0.1, 0.15) is 4.90 Å². The summed E-state index contributed by atoms with van der Waals surface area (Å²) >= 11 is 0. The van der Waals surface area contributed by atoms with Crippen LogP contribution >= 0.6 is 0 Å². The predicted molar refractivity (Wildman–Crippen MR) is 71.6 cm³/mol. The third-order valence-corrected chi connectivity index (χ3v) is 4.17. The van der Waals surface area contributed by atoms with E-state index in [1.807, 2.05) is 6.92 Å². The first-order valence-corrected chi connectivity index (χ1v) is 7.82. The number of nitrogens with zero attached hydrogens (tertiary/aromatic N) is 2. The van der Waals surface area contributed by atoms with Crippen LogP contribution in [0.2, 0.25) is 0 Å². The van der Waals surface area contributed by atoms with Gasteiger partial charge in [0.2, 0.25) is 10.0 Å². The van der Waals surface area contributed by atoms with E-state index in [0.717, 1.165) is 25.7 Å². The fourth-order valence-electron chi connectivity index (χ4n) is 1.62. The highest BCUT2D eigenvalue weighted by Gasteiger charge is 2.20. The molecular weight excluding hydrogens is 252 g/mol. The van der Waals surface area contributed by atoms with Gasteiger partial charge in [-0.2, -0.15) is 5.10 Å². The van der Waals surface area contributed by atoms with Crippen LogP contribution in [0.5, 0.6) is 0 Å². The highest BCUT2D eigenvalue weighted by Crippen LogP contribution is 2.15. The van der Waals surface area contributed by atoms with Crippen molar-refractivity contribution < 1.29 is 8.42 Å². The Morgan fingerprint density at radius 2 is 2.06 bits per heavy atom. The third kappa shape index (κ3) is 3.99. The molecule has 1 aromatic rings. The van der Waals surface area contributed by atoms with Crippen molar-refractivity contribution in [2.45, 2.75) is 51.0 Å². The molecule has 0 bridgehead atoms. The molecule has 0 aliphatic heterocycles. The number of unbranched alkanes of at least 4 members (excludes halogenated alkanes) is 3. The fraction of sp³-hybridized carbons (Fsp3) is 0.727. The van der Waals surface area contributed by atoms with Gasteiger partial charge in [-0.25, -0.2) is 13.1 Å². The minimum Gasteiger partial charge on any atom is -0.381 e. The standard InChI is InChI=1S/C11H22N4O2S/c1-3-5-6-7-8-13-18(16,17)10-9-15(4-2)14-11(10)12/h9,13H,3-8H2,1-2H3,(H2,12,14). The maximum Gasteiger partial charge on any atom is 0.245 e. The molecule has 7 heteroatoms. The molecule has 0 fully saturated rings. The maximum absolute atomic E-state index is 12.0. The molecule has 6 nitrogen and oxygen atoms in total. The quantitative estimate of drug-likeness (QED) is 0.700. The second kappa shape index (κ2) is 6.75. The first-order chi connectivity index (χ1) is 8.51. The van der Waals surface area contributed by atoms with Crippen molar-refractivity contribution >= 4 is 15.8 Å². The number of nitrogens with one attached hydrogen (secondary N) is 1. The molecule has 0 aliphatic carbocycles. The Bertz CT molecular complexity index is 467. The van der Waals surface area contributed by atoms with Crippen LogP contribution in [0, 0.1) is 0 Å². The van der Waals surface area contributed by atoms with E-state index in [2.05, 4.69) is 16.7 Å². The minimum atomic E-state index is -3.53. The number of sulfonamides is 1. The van der Waals surface area contributed by atoms with Gasteiger partial charge in [-0.3, -0.25) is 4.68 Å². The normalized spacial score (nSPS) is 11.9. The van der Waals surface area contributed by atoms with Gasteiger partial charge in [0.25, 0.3) is 0 Å². The first-order valence-electron chi connectivity index (χ1n) is 6.33. The highest BCUT2D eigenvalue weighted by molar-refractivity contribution is 7.89. The lowest BCUT2D eigenvalue weighted by Gasteiger charge is -2.04. The van der Waals surface area contributed by atoms with Crippen molar-refractivity contribution in [2.24, 2.45) is 0 Å². The third-order valence-electron chi connectivity index (χ3n) is 2.69. The lowest BCUT2D eigenvalue weighted by atomic mass is 10.2. The summed E-state index contributed by atoms with van der Waals surface area (Å²) < 4.78 is 28.0. The molecule has 3 N–H and O–H groups in total. The topological polar surface area (TPSA) is 90.0 Å². The van der Waals surface area contributed by atoms with E-state index >= 15 is 0 Å². The Balaban J connectivity index is 2.60. The second-order valence-corrected chi connectivity index (χ2v) is 5.93. The number of rotatable bonds is 8. The Hall–Kier alpha value is -1.08. The number of aromatic nitrogens is 2. The molecule has 0 saturated carbocycles. The maximum atomic E-state index is 12.0. The molecule has 1 rings (SSSR count). The predicted octanol–water partition coefficient (Wildman–Crippen LogP) is 1.34. The molecule has 0 unspecified atom stereocenters. The van der Waals surface area contributed by atoms with Crippen molar-refractivity contribution in [1.29, 1.82) is 0 Å². The van der Waals surface area contributed by atoms with E-state index in [0.29, 0.717) is 13.1 Å². The van der Waals surface area contributed by atoms with Gasteiger partial charge in [0, 0.05) is 19.3 Å². The molecule has 0 aromatic carbocycles. The molecule has 1 aromatic heterocycles. The van der Waals surface area contributed by atoms with E-state index in [4.69, 9.17) is 5.73 Å². The molecule has 104 valence electrons. The van der Waals surface area contributed by atoms with Gasteiger partial charge < -0.3 is 5.73 Å². The smallest absolute Gasteiger partial charge is 0.245 e. The Labute approximate surface area is 109 Å². The summed E-state index contributed by atoms with van der Waals surface area (Å²) in [5.74, 6) is 0.0536. The van der Waals surface area contributed by atoms with Gasteiger partial charge in [-0.1, -0.05) is 26.2 Å². The van der Waals surface area contributed by atoms with Crippen molar-refractivity contribution in [3.05, 3.63) is 6.20 Å². The van der Waals surface area contributed by atoms with Gasteiger partial charge in [0.05, 0.1) is 0 Å². The van der Waals surface area contributed by atoms with Gasteiger partial charge in [0.15, 0.2) is 5.82 Å². The van der Waals surface area contributed by atoms with E-state index in [1.165, 1.54) is 10.9 Å². The largest absolute Gasteiger partial charge is 0.381 e. The van der Waals surface area contributed by atoms with Crippen LogP contribution in [-0.4, -0.2) is 24.7 Å². The lowest BCUT2D eigenvalue weighted by Crippen LogP contribution is -2.25. The molecule has 0 radical (unpaired) electrons. The van der Waals surface area contributed by atoms with Crippen molar-refractivity contribution in [2.75, 3.05) is 12.3 Å². The summed E-state index contributed by atoms with van der Waals surface area (Å²) in [5.41, 5.74) is 5.60. The average Bonchev–Trinajstić information content (AvgIpc) is 2.71. The van der Waals surface area contributed by atoms with Crippen LogP contribution < -0.4 is 10.5 Å². The average molecular weight is 274 g/mol. The molecule has 0 aliphatic rings. The zero-order valence-electron chi connectivity index (χ0n) is 11.0. The summed E-state index contributed by atoms with van der Waals surface area (Å²) in [6.07, 6.45) is 5.59. The number of hydrogen-bond donors (Lipinski definition) is 2. The van der Waals surface area contributed by atoms with Gasteiger partial charge in [-0.05, 0) is 13.3 Å². The molecule has 0 amide bonds. The van der Waals surface area contributed by atoms with Crippen molar-refractivity contribution in [3.8, 4) is 0 Å². The Morgan fingerprint density at radius 3 is 2.61 bits per heavy atom. The molecule has 1 heterocycles. The van der Waals surface area contributed by atoms with Crippen LogP contribution in [0.1, 0.15) is 39.5 Å². The molecule has 0 spiro atoms. The minimum absolute atomic E-state index is 0.0536. The SMILES string of the molecule is CCCCCCNS(=O)(=O)c1cn(CC)nc1N. The van der Waals surface area contributed by atoms with Crippen molar-refractivity contribution in [3.63, 3.8) is 0 Å². The first kappa shape index (κ1) is 15.0. The van der Waals surface area contributed by atoms with E-state index in [-0.39, 0.29) is 10.7 Å². The summed E-state index contributed by atoms with van der Waals surface area (Å²) in [6.45, 7) is 5.03. The van der Waals surface area contributed by atoms with Crippen LogP contribution in [0.4, 0.5) is 5.82 Å². The number of nitrogen functional groups attached to an aromatic ring is 1. The van der Waals surface area contributed by atoms with Crippen molar-refractivity contribution in [1.82, 2.24) is 14.5 Å². The summed E-state index contributed by atoms with van der Waals surface area (Å²) in [7, 11) is -3.53. The Kier molecular flexibility index (Phi) is 5.61. The zero-order valence-corrected chi connectivity index (χ0v) is 11.8. The van der Waals surface area contributed by atoms with Crippen LogP contribution in [0.15, 0.2) is 11.1 Å². The number of nitrogens with two attached hydrogens (primary N) is 1. The highest BCUT2D eigenvalue weighted by atomic mass is 32.2. The molecule has 18 heavy (non-hydrogen) atoms. The summed E-state index contributed by atoms with van der Waals surface area (Å²) in [4.78, 5) is 0.0693. The molecule has 0 atom stereocenters. The molecule has 0 saturated heterocycles. The number of hydrogen-bond acceptors (Lipinski definition) is 4.